The number of nitriles is 1. The van der Waals surface area contributed by atoms with Gasteiger partial charge in [-0.25, -0.2) is 4.39 Å². The molecule has 0 radical (unpaired) electrons. The van der Waals surface area contributed by atoms with Gasteiger partial charge in [0.2, 0.25) is 0 Å². The molecular formula is C17H23FN2O. The third-order valence-electron chi connectivity index (χ3n) is 4.88. The van der Waals surface area contributed by atoms with Crippen molar-refractivity contribution >= 4 is 0 Å². The number of aromatic nitrogens is 1. The summed E-state index contributed by atoms with van der Waals surface area (Å²) >= 11 is 0. The molecular weight excluding hydrogens is 267 g/mol. The van der Waals surface area contributed by atoms with Gasteiger partial charge in [-0.2, -0.15) is 5.26 Å². The van der Waals surface area contributed by atoms with Crippen LogP contribution in [0.3, 0.4) is 0 Å². The molecule has 0 bridgehead atoms. The molecule has 0 aliphatic heterocycles. The first-order valence-corrected chi connectivity index (χ1v) is 7.84. The fourth-order valence-corrected chi connectivity index (χ4v) is 3.51. The third-order valence-corrected chi connectivity index (χ3v) is 4.88. The second-order valence-electron chi connectivity index (χ2n) is 6.04. The van der Waals surface area contributed by atoms with E-state index in [1.54, 1.807) is 0 Å². The highest BCUT2D eigenvalue weighted by molar-refractivity contribution is 5.23. The van der Waals surface area contributed by atoms with E-state index in [0.717, 1.165) is 31.9 Å². The van der Waals surface area contributed by atoms with Gasteiger partial charge in [0.1, 0.15) is 11.4 Å². The van der Waals surface area contributed by atoms with E-state index < -0.39 is 16.8 Å². The van der Waals surface area contributed by atoms with Gasteiger partial charge in [-0.05, 0) is 31.4 Å². The quantitative estimate of drug-likeness (QED) is 0.912. The van der Waals surface area contributed by atoms with E-state index in [0.29, 0.717) is 25.0 Å². The monoisotopic (exact) mass is 290 g/mol. The van der Waals surface area contributed by atoms with Crippen molar-refractivity contribution < 1.29 is 9.50 Å². The number of halogens is 1. The molecule has 114 valence electrons. The van der Waals surface area contributed by atoms with Crippen molar-refractivity contribution in [3.63, 3.8) is 0 Å². The second-order valence-corrected chi connectivity index (χ2v) is 6.04. The number of pyridine rings is 1. The highest BCUT2D eigenvalue weighted by atomic mass is 19.1. The fraction of sp³-hybridized carbons (Fsp3) is 0.647. The van der Waals surface area contributed by atoms with E-state index in [2.05, 4.69) is 11.1 Å². The van der Waals surface area contributed by atoms with Crippen LogP contribution in [0.25, 0.3) is 0 Å². The van der Waals surface area contributed by atoms with Gasteiger partial charge >= 0.3 is 0 Å². The van der Waals surface area contributed by atoms with Crippen LogP contribution in [0.15, 0.2) is 18.3 Å². The largest absolute Gasteiger partial charge is 0.382 e. The molecule has 21 heavy (non-hydrogen) atoms. The van der Waals surface area contributed by atoms with Crippen LogP contribution in [0.5, 0.6) is 0 Å². The minimum atomic E-state index is -1.31. The highest BCUT2D eigenvalue weighted by Crippen LogP contribution is 2.49. The zero-order valence-corrected chi connectivity index (χ0v) is 12.6. The predicted molar refractivity (Wildman–Crippen MR) is 78.7 cm³/mol. The third kappa shape index (κ3) is 2.94. The molecule has 1 aliphatic rings. The molecule has 1 aromatic rings. The molecule has 1 fully saturated rings. The molecule has 1 atom stereocenters. The molecule has 0 amide bonds. The molecule has 1 saturated carbocycles. The van der Waals surface area contributed by atoms with E-state index >= 15 is 0 Å². The van der Waals surface area contributed by atoms with Crippen molar-refractivity contribution in [3.8, 4) is 6.07 Å². The number of aliphatic hydroxyl groups is 1. The van der Waals surface area contributed by atoms with Crippen LogP contribution in [0.4, 0.5) is 4.39 Å². The summed E-state index contributed by atoms with van der Waals surface area (Å²) in [7, 11) is 0. The molecule has 0 aromatic carbocycles. The number of hydrogen-bond acceptors (Lipinski definition) is 3. The minimum absolute atomic E-state index is 0.402. The zero-order valence-electron chi connectivity index (χ0n) is 12.6. The van der Waals surface area contributed by atoms with Gasteiger partial charge in [0.25, 0.3) is 0 Å². The summed E-state index contributed by atoms with van der Waals surface area (Å²) in [5, 5.41) is 21.1. The molecule has 4 heteroatoms. The van der Waals surface area contributed by atoms with E-state index in [4.69, 9.17) is 0 Å². The molecule has 1 unspecified atom stereocenters. The summed E-state index contributed by atoms with van der Waals surface area (Å²) < 4.78 is 13.1. The topological polar surface area (TPSA) is 56.9 Å². The first-order valence-electron chi connectivity index (χ1n) is 7.84. The number of nitrogens with zero attached hydrogens (tertiary/aromatic N) is 2. The molecule has 1 heterocycles. The van der Waals surface area contributed by atoms with E-state index in [-0.39, 0.29) is 0 Å². The van der Waals surface area contributed by atoms with Gasteiger partial charge in [-0.15, -0.1) is 0 Å². The summed E-state index contributed by atoms with van der Waals surface area (Å²) in [5.74, 6) is -0.430. The van der Waals surface area contributed by atoms with Gasteiger partial charge in [0, 0.05) is 0 Å². The molecule has 2 rings (SSSR count). The van der Waals surface area contributed by atoms with E-state index in [9.17, 15) is 14.8 Å². The SMILES string of the molecule is CCC(O)(c1ccc(F)cn1)C1(C#N)CCCCCCC1. The molecule has 1 aromatic heterocycles. The Balaban J connectivity index is 2.43. The van der Waals surface area contributed by atoms with Crippen LogP contribution in [-0.4, -0.2) is 10.1 Å². The maximum absolute atomic E-state index is 13.1. The highest BCUT2D eigenvalue weighted by Gasteiger charge is 2.51. The summed E-state index contributed by atoms with van der Waals surface area (Å²) in [6.07, 6.45) is 8.14. The normalized spacial score (nSPS) is 21.6. The predicted octanol–water partition coefficient (Wildman–Crippen LogP) is 4.07. The Morgan fingerprint density at radius 3 is 2.38 bits per heavy atom. The Kier molecular flexibility index (Phi) is 4.95. The van der Waals surface area contributed by atoms with Crippen LogP contribution in [0.2, 0.25) is 0 Å². The van der Waals surface area contributed by atoms with Crippen molar-refractivity contribution in [1.82, 2.24) is 4.98 Å². The first-order chi connectivity index (χ1) is 10.1. The van der Waals surface area contributed by atoms with Crippen molar-refractivity contribution in [1.29, 1.82) is 5.26 Å². The lowest BCUT2D eigenvalue weighted by atomic mass is 9.63. The van der Waals surface area contributed by atoms with Crippen LogP contribution < -0.4 is 0 Å². The van der Waals surface area contributed by atoms with Crippen LogP contribution in [0.1, 0.15) is 64.0 Å². The summed E-state index contributed by atoms with van der Waals surface area (Å²) in [6, 6.07) is 5.22. The second kappa shape index (κ2) is 6.53. The summed E-state index contributed by atoms with van der Waals surface area (Å²) in [6.45, 7) is 1.86. The lowest BCUT2D eigenvalue weighted by Gasteiger charge is -2.43. The average molecular weight is 290 g/mol. The Labute approximate surface area is 125 Å². The smallest absolute Gasteiger partial charge is 0.141 e. The van der Waals surface area contributed by atoms with Gasteiger partial charge < -0.3 is 5.11 Å². The standard InChI is InChI=1S/C17H23FN2O/c1-2-17(21,15-9-8-14(18)12-20-15)16(13-19)10-6-4-3-5-7-11-16/h8-9,12,21H,2-7,10-11H2,1H3. The fourth-order valence-electron chi connectivity index (χ4n) is 3.51. The van der Waals surface area contributed by atoms with Crippen molar-refractivity contribution in [3.05, 3.63) is 29.8 Å². The molecule has 1 aliphatic carbocycles. The van der Waals surface area contributed by atoms with Gasteiger partial charge in [-0.1, -0.05) is 39.0 Å². The Hall–Kier alpha value is -1.47. The van der Waals surface area contributed by atoms with Crippen LogP contribution >= 0.6 is 0 Å². The lowest BCUT2D eigenvalue weighted by molar-refractivity contribution is -0.0808. The summed E-state index contributed by atoms with van der Waals surface area (Å²) in [5.41, 5.74) is -1.73. The van der Waals surface area contributed by atoms with E-state index in [1.807, 2.05) is 6.92 Å². The lowest BCUT2D eigenvalue weighted by Crippen LogP contribution is -2.45. The first kappa shape index (κ1) is 15.9. The molecule has 3 nitrogen and oxygen atoms in total. The van der Waals surface area contributed by atoms with Crippen LogP contribution in [-0.2, 0) is 5.60 Å². The average Bonchev–Trinajstić information content (AvgIpc) is 2.47. The molecule has 0 spiro atoms. The maximum atomic E-state index is 13.1. The van der Waals surface area contributed by atoms with Gasteiger partial charge in [0.15, 0.2) is 0 Å². The Bertz CT molecular complexity index is 501. The molecule has 1 N–H and O–H groups in total. The summed E-state index contributed by atoms with van der Waals surface area (Å²) in [4.78, 5) is 4.07. The molecule has 0 saturated heterocycles. The Morgan fingerprint density at radius 2 is 1.90 bits per heavy atom. The number of hydrogen-bond donors (Lipinski definition) is 1. The Morgan fingerprint density at radius 1 is 1.29 bits per heavy atom. The van der Waals surface area contributed by atoms with Gasteiger partial charge in [-0.3, -0.25) is 4.98 Å². The van der Waals surface area contributed by atoms with E-state index in [1.165, 1.54) is 18.6 Å². The van der Waals surface area contributed by atoms with Crippen molar-refractivity contribution in [2.75, 3.05) is 0 Å². The van der Waals surface area contributed by atoms with Gasteiger partial charge in [0.05, 0.1) is 23.4 Å². The van der Waals surface area contributed by atoms with Crippen molar-refractivity contribution in [2.24, 2.45) is 5.41 Å². The minimum Gasteiger partial charge on any atom is -0.382 e. The number of rotatable bonds is 3. The van der Waals surface area contributed by atoms with Crippen molar-refractivity contribution in [2.45, 2.75) is 63.9 Å². The van der Waals surface area contributed by atoms with Crippen LogP contribution in [0, 0.1) is 22.6 Å². The maximum Gasteiger partial charge on any atom is 0.141 e. The zero-order chi connectivity index (χ0) is 15.3.